The molecule has 1 aliphatic heterocycles. The number of amides is 1. The molecule has 0 spiro atoms. The van der Waals surface area contributed by atoms with E-state index in [9.17, 15) is 28.2 Å². The molecule has 2 aromatic carbocycles. The van der Waals surface area contributed by atoms with Crippen molar-refractivity contribution in [1.82, 2.24) is 4.98 Å². The molecular weight excluding hydrogens is 453 g/mol. The van der Waals surface area contributed by atoms with Crippen molar-refractivity contribution in [2.75, 3.05) is 23.3 Å². The average molecular weight is 472 g/mol. The normalized spacial score (nSPS) is 17.9. The SMILES string of the molecule is N#Cc1ccc(-c2cc(C(=O)Nc3ccc(OC(F)(F)F)cc3)ccc2N2CC(O)C(O)C2)[nH]1. The molecule has 2 unspecified atom stereocenters. The van der Waals surface area contributed by atoms with Crippen molar-refractivity contribution in [2.24, 2.45) is 0 Å². The lowest BCUT2D eigenvalue weighted by atomic mass is 10.0. The summed E-state index contributed by atoms with van der Waals surface area (Å²) < 4.78 is 40.8. The second-order valence-electron chi connectivity index (χ2n) is 7.70. The first-order valence-electron chi connectivity index (χ1n) is 10.1. The number of alkyl halides is 3. The van der Waals surface area contributed by atoms with Gasteiger partial charge in [-0.25, -0.2) is 0 Å². The minimum Gasteiger partial charge on any atom is -0.406 e. The number of ether oxygens (including phenoxy) is 1. The summed E-state index contributed by atoms with van der Waals surface area (Å²) in [5, 5.41) is 31.6. The highest BCUT2D eigenvalue weighted by Crippen LogP contribution is 2.34. The van der Waals surface area contributed by atoms with Crippen LogP contribution in [-0.2, 0) is 0 Å². The summed E-state index contributed by atoms with van der Waals surface area (Å²) in [6, 6.07) is 14.8. The number of aromatic amines is 1. The fraction of sp³-hybridized carbons (Fsp3) is 0.217. The van der Waals surface area contributed by atoms with Crippen LogP contribution in [0.4, 0.5) is 24.5 Å². The van der Waals surface area contributed by atoms with Crippen molar-refractivity contribution in [3.8, 4) is 23.1 Å². The zero-order chi connectivity index (χ0) is 24.5. The number of β-amino-alcohol motifs (C(OH)–C–C–N with tert-alkyl or cyclic N) is 2. The Morgan fingerprint density at radius 3 is 2.35 bits per heavy atom. The second-order valence-corrected chi connectivity index (χ2v) is 7.70. The molecule has 1 amide bonds. The summed E-state index contributed by atoms with van der Waals surface area (Å²) in [6.45, 7) is 0.385. The number of benzene rings is 2. The maximum absolute atomic E-state index is 12.8. The average Bonchev–Trinajstić information content (AvgIpc) is 3.40. The van der Waals surface area contributed by atoms with E-state index in [1.54, 1.807) is 35.2 Å². The van der Waals surface area contributed by atoms with Crippen LogP contribution in [0.2, 0.25) is 0 Å². The van der Waals surface area contributed by atoms with Crippen LogP contribution in [0.5, 0.6) is 5.75 Å². The fourth-order valence-corrected chi connectivity index (χ4v) is 3.70. The highest BCUT2D eigenvalue weighted by atomic mass is 19.4. The number of hydrogen-bond donors (Lipinski definition) is 4. The third kappa shape index (κ3) is 5.14. The predicted octanol–water partition coefficient (Wildman–Crippen LogP) is 3.25. The van der Waals surface area contributed by atoms with Crippen molar-refractivity contribution in [2.45, 2.75) is 18.6 Å². The number of carbonyl (C=O) groups is 1. The summed E-state index contributed by atoms with van der Waals surface area (Å²) in [5.41, 5.74) is 2.62. The lowest BCUT2D eigenvalue weighted by Crippen LogP contribution is -2.22. The van der Waals surface area contributed by atoms with Crippen LogP contribution in [0, 0.1) is 11.3 Å². The smallest absolute Gasteiger partial charge is 0.406 e. The molecule has 3 aromatic rings. The van der Waals surface area contributed by atoms with Gasteiger partial charge in [0.1, 0.15) is 17.5 Å². The van der Waals surface area contributed by atoms with Crippen LogP contribution in [0.15, 0.2) is 54.6 Å². The van der Waals surface area contributed by atoms with Gasteiger partial charge in [-0.1, -0.05) is 0 Å². The van der Waals surface area contributed by atoms with Crippen LogP contribution in [0.25, 0.3) is 11.3 Å². The first-order valence-corrected chi connectivity index (χ1v) is 10.1. The largest absolute Gasteiger partial charge is 0.573 e. The molecule has 4 rings (SSSR count). The number of nitrogens with one attached hydrogen (secondary N) is 2. The molecule has 4 N–H and O–H groups in total. The van der Waals surface area contributed by atoms with Gasteiger partial charge in [0.2, 0.25) is 0 Å². The topological polar surface area (TPSA) is 122 Å². The van der Waals surface area contributed by atoms with E-state index in [2.05, 4.69) is 15.0 Å². The number of nitriles is 1. The summed E-state index contributed by atoms with van der Waals surface area (Å²) >= 11 is 0. The molecule has 8 nitrogen and oxygen atoms in total. The molecule has 1 aliphatic rings. The number of aliphatic hydroxyl groups is 2. The fourth-order valence-electron chi connectivity index (χ4n) is 3.70. The first-order chi connectivity index (χ1) is 16.1. The van der Waals surface area contributed by atoms with Gasteiger partial charge >= 0.3 is 6.36 Å². The Morgan fingerprint density at radius 1 is 1.09 bits per heavy atom. The van der Waals surface area contributed by atoms with Gasteiger partial charge in [-0.3, -0.25) is 4.79 Å². The lowest BCUT2D eigenvalue weighted by Gasteiger charge is -2.22. The van der Waals surface area contributed by atoms with E-state index in [0.29, 0.717) is 22.6 Å². The van der Waals surface area contributed by atoms with E-state index in [4.69, 9.17) is 5.26 Å². The maximum atomic E-state index is 12.8. The second kappa shape index (κ2) is 9.09. The van der Waals surface area contributed by atoms with Gasteiger partial charge in [-0.05, 0) is 54.6 Å². The minimum atomic E-state index is -4.81. The number of H-pyrrole nitrogens is 1. The van der Waals surface area contributed by atoms with Crippen LogP contribution in [0.3, 0.4) is 0 Å². The Labute approximate surface area is 191 Å². The third-order valence-corrected chi connectivity index (χ3v) is 5.30. The molecular formula is C23H19F3N4O4. The summed E-state index contributed by atoms with van der Waals surface area (Å²) in [5.74, 6) is -0.919. The standard InChI is InChI=1S/C23H19F3N4O4/c24-23(25,26)34-16-5-2-14(3-6-16)29-22(33)13-1-8-19(30-11-20(31)21(32)12-30)17(9-13)18-7-4-15(10-27)28-18/h1-9,20-21,28,31-32H,11-12H2,(H,29,33). The van der Waals surface area contributed by atoms with Crippen LogP contribution >= 0.6 is 0 Å². The molecule has 0 bridgehead atoms. The monoisotopic (exact) mass is 472 g/mol. The van der Waals surface area contributed by atoms with Gasteiger partial charge < -0.3 is 30.2 Å². The Hall–Kier alpha value is -4.01. The van der Waals surface area contributed by atoms with Gasteiger partial charge in [0.15, 0.2) is 0 Å². The molecule has 2 heterocycles. The Bertz CT molecular complexity index is 1220. The number of hydrogen-bond acceptors (Lipinski definition) is 6. The highest BCUT2D eigenvalue weighted by molar-refractivity contribution is 6.05. The first kappa shape index (κ1) is 23.2. The molecule has 0 aliphatic carbocycles. The molecule has 1 saturated heterocycles. The molecule has 0 radical (unpaired) electrons. The Balaban J connectivity index is 1.60. The summed E-state index contributed by atoms with van der Waals surface area (Å²) in [7, 11) is 0. The van der Waals surface area contributed by atoms with E-state index in [0.717, 1.165) is 12.1 Å². The Kier molecular flexibility index (Phi) is 6.19. The molecule has 1 aromatic heterocycles. The number of carbonyl (C=O) groups excluding carboxylic acids is 1. The molecule has 0 saturated carbocycles. The molecule has 34 heavy (non-hydrogen) atoms. The van der Waals surface area contributed by atoms with Gasteiger partial charge in [0.25, 0.3) is 5.91 Å². The molecule has 1 fully saturated rings. The third-order valence-electron chi connectivity index (χ3n) is 5.30. The van der Waals surface area contributed by atoms with Crippen molar-refractivity contribution < 1.29 is 32.9 Å². The lowest BCUT2D eigenvalue weighted by molar-refractivity contribution is -0.274. The number of aromatic nitrogens is 1. The summed E-state index contributed by atoms with van der Waals surface area (Å²) in [4.78, 5) is 17.6. The van der Waals surface area contributed by atoms with Gasteiger partial charge in [-0.15, -0.1) is 13.2 Å². The zero-order valence-corrected chi connectivity index (χ0v) is 17.5. The van der Waals surface area contributed by atoms with Crippen LogP contribution in [-0.4, -0.2) is 52.8 Å². The van der Waals surface area contributed by atoms with Crippen LogP contribution in [0.1, 0.15) is 16.1 Å². The zero-order valence-electron chi connectivity index (χ0n) is 17.5. The number of nitrogens with zero attached hydrogens (tertiary/aromatic N) is 2. The number of halogens is 3. The van der Waals surface area contributed by atoms with E-state index in [1.807, 2.05) is 6.07 Å². The Morgan fingerprint density at radius 2 is 1.76 bits per heavy atom. The van der Waals surface area contributed by atoms with Crippen molar-refractivity contribution in [3.63, 3.8) is 0 Å². The highest BCUT2D eigenvalue weighted by Gasteiger charge is 2.32. The van der Waals surface area contributed by atoms with E-state index in [-0.39, 0.29) is 24.3 Å². The van der Waals surface area contributed by atoms with E-state index < -0.39 is 30.2 Å². The van der Waals surface area contributed by atoms with E-state index >= 15 is 0 Å². The molecule has 2 atom stereocenters. The maximum Gasteiger partial charge on any atom is 0.573 e. The quantitative estimate of drug-likeness (QED) is 0.452. The van der Waals surface area contributed by atoms with Crippen molar-refractivity contribution >= 4 is 17.3 Å². The summed E-state index contributed by atoms with van der Waals surface area (Å²) in [6.07, 6.45) is -6.65. The number of rotatable bonds is 5. The molecule has 11 heteroatoms. The van der Waals surface area contributed by atoms with Crippen molar-refractivity contribution in [3.05, 3.63) is 65.9 Å². The number of anilines is 2. The van der Waals surface area contributed by atoms with Crippen LogP contribution < -0.4 is 15.0 Å². The molecule has 176 valence electrons. The van der Waals surface area contributed by atoms with Gasteiger partial charge in [-0.2, -0.15) is 5.26 Å². The predicted molar refractivity (Wildman–Crippen MR) is 116 cm³/mol. The van der Waals surface area contributed by atoms with Crippen molar-refractivity contribution in [1.29, 1.82) is 5.26 Å². The minimum absolute atomic E-state index is 0.192. The number of aliphatic hydroxyl groups excluding tert-OH is 2. The van der Waals surface area contributed by atoms with Gasteiger partial charge in [0, 0.05) is 41.3 Å². The van der Waals surface area contributed by atoms with Gasteiger partial charge in [0.05, 0.1) is 12.2 Å². The van der Waals surface area contributed by atoms with E-state index in [1.165, 1.54) is 12.1 Å².